The van der Waals surface area contributed by atoms with E-state index in [2.05, 4.69) is 72.6 Å². The molecular weight excluding hydrogens is 360 g/mol. The summed E-state index contributed by atoms with van der Waals surface area (Å²) < 4.78 is 3.64. The molecular formula is C12H14Br2N4. The zero-order valence-corrected chi connectivity index (χ0v) is 13.6. The highest BCUT2D eigenvalue weighted by atomic mass is 79.9. The van der Waals surface area contributed by atoms with Crippen LogP contribution in [0.4, 0.5) is 0 Å². The van der Waals surface area contributed by atoms with Crippen molar-refractivity contribution in [1.82, 2.24) is 20.3 Å². The van der Waals surface area contributed by atoms with Gasteiger partial charge in [-0.15, -0.1) is 5.10 Å². The number of halogens is 2. The van der Waals surface area contributed by atoms with Crippen molar-refractivity contribution in [3.05, 3.63) is 44.1 Å². The Labute approximate surface area is 123 Å². The molecule has 0 saturated heterocycles. The number of hydrogen-bond donors (Lipinski definition) is 1. The van der Waals surface area contributed by atoms with E-state index in [0.717, 1.165) is 14.8 Å². The molecule has 1 heterocycles. The van der Waals surface area contributed by atoms with Gasteiger partial charge in [0.05, 0.1) is 11.7 Å². The van der Waals surface area contributed by atoms with E-state index in [1.165, 1.54) is 11.1 Å². The first-order valence-electron chi connectivity index (χ1n) is 5.53. The summed E-state index contributed by atoms with van der Waals surface area (Å²) in [5.74, 6) is 0. The Bertz CT molecular complexity index is 546. The van der Waals surface area contributed by atoms with Crippen LogP contribution in [0.1, 0.15) is 22.9 Å². The Morgan fingerprint density at radius 1 is 1.33 bits per heavy atom. The minimum atomic E-state index is 0.0521. The van der Waals surface area contributed by atoms with E-state index in [0.29, 0.717) is 0 Å². The average Bonchev–Trinajstić information content (AvgIpc) is 2.66. The average molecular weight is 374 g/mol. The van der Waals surface area contributed by atoms with Crippen LogP contribution < -0.4 is 5.32 Å². The molecule has 1 aromatic heterocycles. The van der Waals surface area contributed by atoms with E-state index in [-0.39, 0.29) is 6.04 Å². The van der Waals surface area contributed by atoms with Gasteiger partial charge in [0.15, 0.2) is 4.60 Å². The topological polar surface area (TPSA) is 42.7 Å². The van der Waals surface area contributed by atoms with Crippen LogP contribution in [0.2, 0.25) is 0 Å². The SMILES string of the molecule is CNC(c1ccc(C)c(Br)c1)c1c(Br)nnn1C. The van der Waals surface area contributed by atoms with Crippen LogP contribution >= 0.6 is 31.9 Å². The summed E-state index contributed by atoms with van der Waals surface area (Å²) >= 11 is 7.01. The van der Waals surface area contributed by atoms with Gasteiger partial charge in [0.2, 0.25) is 0 Å². The Kier molecular flexibility index (Phi) is 4.19. The zero-order chi connectivity index (χ0) is 13.3. The molecule has 0 bridgehead atoms. The molecule has 0 aliphatic rings. The predicted octanol–water partition coefficient (Wildman–Crippen LogP) is 2.96. The lowest BCUT2D eigenvalue weighted by atomic mass is 10.0. The van der Waals surface area contributed by atoms with Crippen molar-refractivity contribution in [2.75, 3.05) is 7.05 Å². The highest BCUT2D eigenvalue weighted by Gasteiger charge is 2.20. The summed E-state index contributed by atoms with van der Waals surface area (Å²) in [6.07, 6.45) is 0. The smallest absolute Gasteiger partial charge is 0.153 e. The molecule has 0 aliphatic heterocycles. The van der Waals surface area contributed by atoms with Crippen molar-refractivity contribution in [1.29, 1.82) is 0 Å². The van der Waals surface area contributed by atoms with Crippen molar-refractivity contribution in [3.63, 3.8) is 0 Å². The van der Waals surface area contributed by atoms with Gasteiger partial charge in [-0.1, -0.05) is 33.3 Å². The van der Waals surface area contributed by atoms with E-state index in [1.807, 2.05) is 14.1 Å². The molecule has 1 unspecified atom stereocenters. The number of aromatic nitrogens is 3. The number of nitrogens with one attached hydrogen (secondary N) is 1. The third kappa shape index (κ3) is 2.50. The van der Waals surface area contributed by atoms with E-state index in [4.69, 9.17) is 0 Å². The van der Waals surface area contributed by atoms with Crippen molar-refractivity contribution in [3.8, 4) is 0 Å². The second-order valence-corrected chi connectivity index (χ2v) is 5.72. The van der Waals surface area contributed by atoms with Gasteiger partial charge in [-0.2, -0.15) is 0 Å². The van der Waals surface area contributed by atoms with E-state index in [9.17, 15) is 0 Å². The van der Waals surface area contributed by atoms with Gasteiger partial charge < -0.3 is 5.32 Å². The van der Waals surface area contributed by atoms with Gasteiger partial charge in [0.25, 0.3) is 0 Å². The first kappa shape index (κ1) is 13.7. The van der Waals surface area contributed by atoms with Crippen LogP contribution in [0.25, 0.3) is 0 Å². The van der Waals surface area contributed by atoms with Crippen LogP contribution in [0.5, 0.6) is 0 Å². The molecule has 96 valence electrons. The van der Waals surface area contributed by atoms with E-state index < -0.39 is 0 Å². The number of hydrogen-bond acceptors (Lipinski definition) is 3. The van der Waals surface area contributed by atoms with Crippen molar-refractivity contribution < 1.29 is 0 Å². The molecule has 0 radical (unpaired) electrons. The van der Waals surface area contributed by atoms with Gasteiger partial charge in [-0.3, -0.25) is 0 Å². The van der Waals surface area contributed by atoms with Crippen LogP contribution in [-0.4, -0.2) is 22.0 Å². The van der Waals surface area contributed by atoms with Gasteiger partial charge in [0.1, 0.15) is 0 Å². The number of benzene rings is 1. The van der Waals surface area contributed by atoms with Gasteiger partial charge in [0, 0.05) is 11.5 Å². The molecule has 0 fully saturated rings. The molecule has 1 atom stereocenters. The van der Waals surface area contributed by atoms with Gasteiger partial charge in [-0.05, 0) is 47.1 Å². The molecule has 0 spiro atoms. The quantitative estimate of drug-likeness (QED) is 0.899. The monoisotopic (exact) mass is 372 g/mol. The normalized spacial score (nSPS) is 12.7. The molecule has 0 aliphatic carbocycles. The maximum Gasteiger partial charge on any atom is 0.153 e. The Balaban J connectivity index is 2.48. The molecule has 0 amide bonds. The molecule has 4 nitrogen and oxygen atoms in total. The fourth-order valence-corrected chi connectivity index (χ4v) is 2.85. The summed E-state index contributed by atoms with van der Waals surface area (Å²) in [5, 5.41) is 11.3. The summed E-state index contributed by atoms with van der Waals surface area (Å²) in [5.41, 5.74) is 3.39. The fraction of sp³-hybridized carbons (Fsp3) is 0.333. The van der Waals surface area contributed by atoms with E-state index in [1.54, 1.807) is 4.68 Å². The van der Waals surface area contributed by atoms with Gasteiger partial charge >= 0.3 is 0 Å². The number of nitrogens with zero attached hydrogens (tertiary/aromatic N) is 3. The minimum Gasteiger partial charge on any atom is -0.308 e. The number of rotatable bonds is 3. The lowest BCUT2D eigenvalue weighted by molar-refractivity contribution is 0.596. The lowest BCUT2D eigenvalue weighted by Gasteiger charge is -2.17. The van der Waals surface area contributed by atoms with Crippen molar-refractivity contribution in [2.24, 2.45) is 7.05 Å². The molecule has 0 saturated carbocycles. The summed E-state index contributed by atoms with van der Waals surface area (Å²) in [6.45, 7) is 2.07. The summed E-state index contributed by atoms with van der Waals surface area (Å²) in [7, 11) is 3.82. The standard InChI is InChI=1S/C12H14Br2N4/c1-7-4-5-8(6-9(7)13)10(15-2)11-12(14)16-17-18(11)3/h4-6,10,15H,1-3H3. The Morgan fingerprint density at radius 3 is 2.56 bits per heavy atom. The molecule has 2 rings (SSSR count). The maximum atomic E-state index is 4.03. The molecule has 18 heavy (non-hydrogen) atoms. The van der Waals surface area contributed by atoms with Gasteiger partial charge in [-0.25, -0.2) is 4.68 Å². The summed E-state index contributed by atoms with van der Waals surface area (Å²) in [4.78, 5) is 0. The van der Waals surface area contributed by atoms with Crippen LogP contribution in [0.3, 0.4) is 0 Å². The second-order valence-electron chi connectivity index (χ2n) is 4.12. The zero-order valence-electron chi connectivity index (χ0n) is 10.4. The predicted molar refractivity (Wildman–Crippen MR) is 78.5 cm³/mol. The van der Waals surface area contributed by atoms with Crippen LogP contribution in [-0.2, 0) is 7.05 Å². The first-order valence-corrected chi connectivity index (χ1v) is 7.11. The highest BCUT2D eigenvalue weighted by Crippen LogP contribution is 2.29. The molecule has 1 N–H and O–H groups in total. The number of aryl methyl sites for hydroxylation is 2. The van der Waals surface area contributed by atoms with Crippen LogP contribution in [0.15, 0.2) is 27.3 Å². The lowest BCUT2D eigenvalue weighted by Crippen LogP contribution is -2.21. The second kappa shape index (κ2) is 5.50. The first-order chi connectivity index (χ1) is 8.54. The molecule has 2 aromatic rings. The van der Waals surface area contributed by atoms with Crippen LogP contribution in [0, 0.1) is 6.92 Å². The minimum absolute atomic E-state index is 0.0521. The Hall–Kier alpha value is -0.720. The third-order valence-electron chi connectivity index (χ3n) is 2.92. The highest BCUT2D eigenvalue weighted by molar-refractivity contribution is 9.10. The molecule has 1 aromatic carbocycles. The van der Waals surface area contributed by atoms with Crippen molar-refractivity contribution >= 4 is 31.9 Å². The van der Waals surface area contributed by atoms with E-state index >= 15 is 0 Å². The third-order valence-corrected chi connectivity index (χ3v) is 4.34. The Morgan fingerprint density at radius 2 is 2.06 bits per heavy atom. The largest absolute Gasteiger partial charge is 0.308 e. The summed E-state index contributed by atoms with van der Waals surface area (Å²) in [6, 6.07) is 6.38. The van der Waals surface area contributed by atoms with Crippen molar-refractivity contribution in [2.45, 2.75) is 13.0 Å². The fourth-order valence-electron chi connectivity index (χ4n) is 1.90. The maximum absolute atomic E-state index is 4.03. The molecule has 6 heteroatoms.